The van der Waals surface area contributed by atoms with Gasteiger partial charge in [-0.2, -0.15) is 0 Å². The highest BCUT2D eigenvalue weighted by atomic mass is 32.1. The topological polar surface area (TPSA) is 80.5 Å². The van der Waals surface area contributed by atoms with Crippen molar-refractivity contribution in [3.05, 3.63) is 46.0 Å². The van der Waals surface area contributed by atoms with Crippen molar-refractivity contribution in [2.45, 2.75) is 58.0 Å². The number of hydrogen-bond acceptors (Lipinski definition) is 6. The molecule has 3 aliphatic rings. The summed E-state index contributed by atoms with van der Waals surface area (Å²) in [4.78, 5) is 21.6. The predicted molar refractivity (Wildman–Crippen MR) is 133 cm³/mol. The van der Waals surface area contributed by atoms with Crippen LogP contribution in [0.3, 0.4) is 0 Å². The van der Waals surface area contributed by atoms with Crippen molar-refractivity contribution in [2.75, 3.05) is 23.8 Å². The van der Waals surface area contributed by atoms with Gasteiger partial charge in [0.25, 0.3) is 5.91 Å². The van der Waals surface area contributed by atoms with Crippen LogP contribution in [0.5, 0.6) is 5.75 Å². The maximum atomic E-state index is 13.1. The normalized spacial score (nSPS) is 23.9. The molecule has 3 N–H and O–H groups in total. The average molecular weight is 463 g/mol. The van der Waals surface area contributed by atoms with Crippen LogP contribution in [0.4, 0.5) is 11.4 Å². The average Bonchev–Trinajstić information content (AvgIpc) is 3.48. The Kier molecular flexibility index (Phi) is 4.98. The molecular formula is C26H30N4O2S. The van der Waals surface area contributed by atoms with Gasteiger partial charge >= 0.3 is 0 Å². The zero-order valence-corrected chi connectivity index (χ0v) is 20.0. The number of aryl methyl sites for hydroxylation is 2. The number of fused-ring (bicyclic) bond motifs is 3. The lowest BCUT2D eigenvalue weighted by Crippen LogP contribution is -2.42. The lowest BCUT2D eigenvalue weighted by molar-refractivity contribution is 0.0920. The number of anilines is 2. The van der Waals surface area contributed by atoms with E-state index in [0.29, 0.717) is 23.2 Å². The van der Waals surface area contributed by atoms with Crippen LogP contribution < -0.4 is 20.7 Å². The van der Waals surface area contributed by atoms with E-state index in [1.165, 1.54) is 42.7 Å². The van der Waals surface area contributed by atoms with E-state index in [9.17, 15) is 4.79 Å². The van der Waals surface area contributed by atoms with Crippen molar-refractivity contribution in [2.24, 2.45) is 5.92 Å². The highest BCUT2D eigenvalue weighted by molar-refractivity contribution is 7.21. The summed E-state index contributed by atoms with van der Waals surface area (Å²) >= 11 is 1.36. The first-order chi connectivity index (χ1) is 16.0. The van der Waals surface area contributed by atoms with Crippen molar-refractivity contribution >= 4 is 38.8 Å². The summed E-state index contributed by atoms with van der Waals surface area (Å²) in [6.07, 6.45) is 6.12. The molecule has 1 saturated heterocycles. The highest BCUT2D eigenvalue weighted by Gasteiger charge is 2.38. The molecule has 1 aliphatic carbocycles. The van der Waals surface area contributed by atoms with Gasteiger partial charge in [0.2, 0.25) is 0 Å². The molecule has 1 saturated carbocycles. The minimum absolute atomic E-state index is 0.0812. The number of pyridine rings is 1. The van der Waals surface area contributed by atoms with Gasteiger partial charge in [0, 0.05) is 35.4 Å². The molecule has 6 nitrogen and oxygen atoms in total. The molecule has 172 valence electrons. The Bertz CT molecular complexity index is 1250. The molecular weight excluding hydrogens is 432 g/mol. The number of carbonyl (C=O) groups excluding carboxylic acids is 1. The predicted octanol–water partition coefficient (Wildman–Crippen LogP) is 4.61. The second kappa shape index (κ2) is 7.90. The maximum absolute atomic E-state index is 13.1. The number of nitrogens with one attached hydrogen (secondary N) is 1. The number of carbonyl (C=O) groups is 1. The van der Waals surface area contributed by atoms with E-state index in [4.69, 9.17) is 10.5 Å². The van der Waals surface area contributed by atoms with Crippen molar-refractivity contribution < 1.29 is 9.53 Å². The van der Waals surface area contributed by atoms with Crippen LogP contribution in [-0.2, 0) is 6.42 Å². The van der Waals surface area contributed by atoms with Gasteiger partial charge < -0.3 is 20.7 Å². The standard InChI is InChI=1S/C26H30N4O2S/c1-14-10-15(2)28-26-22(14)23(27)24(33-26)25(31)29-18-11-17-6-7-19(12-21(17)32-13-18)30-9-8-16-4-3-5-20(16)30/h6-7,10,12,16,18,20H,3-5,8-9,11,13,27H2,1-2H3,(H,29,31)/t16-,18-,20-/m1/s1. The van der Waals surface area contributed by atoms with Gasteiger partial charge in [-0.3, -0.25) is 4.79 Å². The summed E-state index contributed by atoms with van der Waals surface area (Å²) in [6, 6.07) is 9.23. The molecule has 3 atom stereocenters. The molecule has 2 aromatic heterocycles. The summed E-state index contributed by atoms with van der Waals surface area (Å²) < 4.78 is 6.13. The zero-order chi connectivity index (χ0) is 22.7. The van der Waals surface area contributed by atoms with Crippen LogP contribution in [0.1, 0.15) is 52.2 Å². The number of nitrogens with two attached hydrogens (primary N) is 1. The van der Waals surface area contributed by atoms with Crippen molar-refractivity contribution in [3.63, 3.8) is 0 Å². The summed E-state index contributed by atoms with van der Waals surface area (Å²) in [7, 11) is 0. The molecule has 0 spiro atoms. The van der Waals surface area contributed by atoms with E-state index in [1.54, 1.807) is 0 Å². The van der Waals surface area contributed by atoms with Crippen LogP contribution in [0.2, 0.25) is 0 Å². The fourth-order valence-corrected chi connectivity index (χ4v) is 7.20. The molecule has 1 amide bonds. The first-order valence-corrected chi connectivity index (χ1v) is 12.8. The van der Waals surface area contributed by atoms with E-state index in [1.807, 2.05) is 19.9 Å². The Morgan fingerprint density at radius 1 is 1.24 bits per heavy atom. The zero-order valence-electron chi connectivity index (χ0n) is 19.2. The largest absolute Gasteiger partial charge is 0.491 e. The Balaban J connectivity index is 1.18. The number of thiophene rings is 1. The van der Waals surface area contributed by atoms with Crippen LogP contribution >= 0.6 is 11.3 Å². The van der Waals surface area contributed by atoms with E-state index < -0.39 is 0 Å². The van der Waals surface area contributed by atoms with Gasteiger partial charge in [-0.15, -0.1) is 11.3 Å². The Morgan fingerprint density at radius 3 is 3.00 bits per heavy atom. The van der Waals surface area contributed by atoms with E-state index in [-0.39, 0.29) is 11.9 Å². The molecule has 2 fully saturated rings. The van der Waals surface area contributed by atoms with Crippen LogP contribution in [-0.4, -0.2) is 36.1 Å². The Hall–Kier alpha value is -2.80. The molecule has 6 rings (SSSR count). The second-order valence-electron chi connectivity index (χ2n) is 9.82. The third-order valence-electron chi connectivity index (χ3n) is 7.61. The van der Waals surface area contributed by atoms with Crippen LogP contribution in [0.25, 0.3) is 10.2 Å². The summed E-state index contributed by atoms with van der Waals surface area (Å²) in [5.74, 6) is 1.67. The third-order valence-corrected chi connectivity index (χ3v) is 8.71. The maximum Gasteiger partial charge on any atom is 0.263 e. The molecule has 3 aromatic rings. The van der Waals surface area contributed by atoms with Gasteiger partial charge in [-0.1, -0.05) is 12.5 Å². The van der Waals surface area contributed by atoms with Crippen molar-refractivity contribution in [1.82, 2.24) is 10.3 Å². The number of ether oxygens (including phenoxy) is 1. The van der Waals surface area contributed by atoms with Crippen molar-refractivity contribution in [3.8, 4) is 5.75 Å². The second-order valence-corrected chi connectivity index (χ2v) is 10.8. The SMILES string of the molecule is Cc1cc(C)c2c(N)c(C(=O)N[C@H]3COc4cc(N5CC[C@H]6CCC[C@H]65)ccc4C3)sc2n1. The number of hydrogen-bond donors (Lipinski definition) is 2. The third kappa shape index (κ3) is 3.53. The molecule has 4 heterocycles. The molecule has 0 unspecified atom stereocenters. The molecule has 7 heteroatoms. The van der Waals surface area contributed by atoms with Gasteiger partial charge in [-0.25, -0.2) is 4.98 Å². The first kappa shape index (κ1) is 20.8. The fraction of sp³-hybridized carbons (Fsp3) is 0.462. The van der Waals surface area contributed by atoms with E-state index in [2.05, 4.69) is 33.4 Å². The molecule has 0 bridgehead atoms. The number of benzene rings is 1. The van der Waals surface area contributed by atoms with E-state index in [0.717, 1.165) is 51.7 Å². The highest BCUT2D eigenvalue weighted by Crippen LogP contribution is 2.42. The number of rotatable bonds is 3. The lowest BCUT2D eigenvalue weighted by Gasteiger charge is -2.30. The number of nitrogen functional groups attached to an aromatic ring is 1. The summed E-state index contributed by atoms with van der Waals surface area (Å²) in [6.45, 7) is 5.59. The number of nitrogens with zero attached hydrogens (tertiary/aromatic N) is 2. The van der Waals surface area contributed by atoms with Gasteiger partial charge in [-0.05, 0) is 68.7 Å². The summed E-state index contributed by atoms with van der Waals surface area (Å²) in [5, 5.41) is 4.03. The smallest absolute Gasteiger partial charge is 0.263 e. The monoisotopic (exact) mass is 462 g/mol. The minimum atomic E-state index is -0.148. The fourth-order valence-electron chi connectivity index (χ4n) is 6.08. The van der Waals surface area contributed by atoms with Crippen LogP contribution in [0.15, 0.2) is 24.3 Å². The van der Waals surface area contributed by atoms with Gasteiger partial charge in [0.05, 0.1) is 11.7 Å². The minimum Gasteiger partial charge on any atom is -0.491 e. The molecule has 33 heavy (non-hydrogen) atoms. The number of aromatic nitrogens is 1. The molecule has 0 radical (unpaired) electrons. The van der Waals surface area contributed by atoms with Gasteiger partial charge in [0.15, 0.2) is 0 Å². The molecule has 1 aromatic carbocycles. The number of amides is 1. The van der Waals surface area contributed by atoms with Gasteiger partial charge in [0.1, 0.15) is 22.1 Å². The quantitative estimate of drug-likeness (QED) is 0.594. The Morgan fingerprint density at radius 2 is 2.12 bits per heavy atom. The molecule has 2 aliphatic heterocycles. The van der Waals surface area contributed by atoms with Crippen LogP contribution in [0, 0.1) is 19.8 Å². The lowest BCUT2D eigenvalue weighted by atomic mass is 10.0. The first-order valence-electron chi connectivity index (χ1n) is 12.0. The van der Waals surface area contributed by atoms with Crippen molar-refractivity contribution in [1.29, 1.82) is 0 Å². The van der Waals surface area contributed by atoms with E-state index >= 15 is 0 Å². The Labute approximate surface area is 198 Å². The summed E-state index contributed by atoms with van der Waals surface area (Å²) in [5.41, 5.74) is 11.3.